The zero-order valence-electron chi connectivity index (χ0n) is 14.1. The summed E-state index contributed by atoms with van der Waals surface area (Å²) in [7, 11) is 0. The highest BCUT2D eigenvalue weighted by molar-refractivity contribution is 5.16. The van der Waals surface area contributed by atoms with Crippen molar-refractivity contribution in [3.8, 4) is 6.01 Å². The van der Waals surface area contributed by atoms with E-state index in [1.54, 1.807) is 18.5 Å². The lowest BCUT2D eigenvalue weighted by molar-refractivity contribution is -0.0538. The van der Waals surface area contributed by atoms with E-state index in [0.29, 0.717) is 12.6 Å². The first kappa shape index (κ1) is 16.4. The third-order valence-electron chi connectivity index (χ3n) is 4.93. The van der Waals surface area contributed by atoms with E-state index in [2.05, 4.69) is 14.9 Å². The Bertz CT molecular complexity index is 698. The number of piperidine rings is 1. The van der Waals surface area contributed by atoms with Crippen LogP contribution in [0.15, 0.2) is 42.7 Å². The molecule has 0 radical (unpaired) electrons. The van der Waals surface area contributed by atoms with E-state index in [1.165, 1.54) is 12.1 Å². The van der Waals surface area contributed by atoms with Crippen LogP contribution in [0.4, 0.5) is 4.39 Å². The molecule has 2 atom stereocenters. The molecule has 132 valence electrons. The minimum Gasteiger partial charge on any atom is -0.458 e. The predicted molar refractivity (Wildman–Crippen MR) is 90.7 cm³/mol. The van der Waals surface area contributed by atoms with Crippen LogP contribution in [0.2, 0.25) is 0 Å². The van der Waals surface area contributed by atoms with Crippen LogP contribution in [0.5, 0.6) is 6.01 Å². The third kappa shape index (κ3) is 3.96. The number of halogens is 1. The van der Waals surface area contributed by atoms with Gasteiger partial charge in [-0.1, -0.05) is 12.1 Å². The molecule has 0 amide bonds. The maximum atomic E-state index is 13.1. The van der Waals surface area contributed by atoms with Crippen LogP contribution in [0.3, 0.4) is 0 Å². The summed E-state index contributed by atoms with van der Waals surface area (Å²) in [4.78, 5) is 10.6. The Balaban J connectivity index is 1.36. The molecule has 6 heteroatoms. The van der Waals surface area contributed by atoms with Gasteiger partial charge < -0.3 is 9.47 Å². The van der Waals surface area contributed by atoms with Crippen molar-refractivity contribution in [1.29, 1.82) is 0 Å². The highest BCUT2D eigenvalue weighted by atomic mass is 19.1. The lowest BCUT2D eigenvalue weighted by Crippen LogP contribution is -2.47. The van der Waals surface area contributed by atoms with Gasteiger partial charge in [0, 0.05) is 31.9 Å². The molecule has 25 heavy (non-hydrogen) atoms. The Labute approximate surface area is 146 Å². The van der Waals surface area contributed by atoms with Gasteiger partial charge in [0.15, 0.2) is 0 Å². The predicted octanol–water partition coefficient (Wildman–Crippen LogP) is 2.82. The molecule has 1 aromatic carbocycles. The van der Waals surface area contributed by atoms with Crippen molar-refractivity contribution in [3.05, 3.63) is 54.1 Å². The first-order chi connectivity index (χ1) is 12.2. The zero-order chi connectivity index (χ0) is 17.1. The monoisotopic (exact) mass is 343 g/mol. The van der Waals surface area contributed by atoms with Gasteiger partial charge >= 0.3 is 6.01 Å². The molecule has 4 rings (SSSR count). The molecule has 2 aliphatic rings. The summed E-state index contributed by atoms with van der Waals surface area (Å²) < 4.78 is 25.1. The molecule has 0 bridgehead atoms. The van der Waals surface area contributed by atoms with Crippen molar-refractivity contribution < 1.29 is 13.9 Å². The van der Waals surface area contributed by atoms with E-state index in [9.17, 15) is 4.39 Å². The standard InChI is InChI=1S/C19H22FN3O2/c20-16-5-3-15(4-6-16)12-23-10-1-7-19(14-23)11-17(13-24-19)25-18-21-8-2-9-22-18/h2-6,8-9,17H,1,7,10-14H2. The number of nitrogens with zero attached hydrogens (tertiary/aromatic N) is 3. The van der Waals surface area contributed by atoms with Gasteiger partial charge in [0.25, 0.3) is 0 Å². The zero-order valence-corrected chi connectivity index (χ0v) is 14.1. The highest BCUT2D eigenvalue weighted by Crippen LogP contribution is 2.36. The molecule has 3 heterocycles. The maximum Gasteiger partial charge on any atom is 0.316 e. The van der Waals surface area contributed by atoms with Gasteiger partial charge in [0.2, 0.25) is 0 Å². The molecule has 2 fully saturated rings. The number of hydrogen-bond acceptors (Lipinski definition) is 5. The molecule has 1 aromatic heterocycles. The summed E-state index contributed by atoms with van der Waals surface area (Å²) in [6.45, 7) is 3.30. The number of ether oxygens (including phenoxy) is 2. The van der Waals surface area contributed by atoms with Gasteiger partial charge in [0.1, 0.15) is 11.9 Å². The summed E-state index contributed by atoms with van der Waals surface area (Å²) in [5.74, 6) is -0.193. The summed E-state index contributed by atoms with van der Waals surface area (Å²) in [6, 6.07) is 8.92. The minimum atomic E-state index is -0.193. The second-order valence-corrected chi connectivity index (χ2v) is 6.91. The summed E-state index contributed by atoms with van der Waals surface area (Å²) >= 11 is 0. The average molecular weight is 343 g/mol. The van der Waals surface area contributed by atoms with E-state index in [-0.39, 0.29) is 17.5 Å². The number of hydrogen-bond donors (Lipinski definition) is 0. The van der Waals surface area contributed by atoms with Crippen LogP contribution in [-0.4, -0.2) is 46.3 Å². The van der Waals surface area contributed by atoms with Crippen molar-refractivity contribution >= 4 is 0 Å². The first-order valence-electron chi connectivity index (χ1n) is 8.75. The van der Waals surface area contributed by atoms with Crippen molar-refractivity contribution in [2.45, 2.75) is 37.5 Å². The quantitative estimate of drug-likeness (QED) is 0.854. The molecule has 0 saturated carbocycles. The largest absolute Gasteiger partial charge is 0.458 e. The Hall–Kier alpha value is -2.05. The van der Waals surface area contributed by atoms with Gasteiger partial charge in [0.05, 0.1) is 12.2 Å². The van der Waals surface area contributed by atoms with Crippen LogP contribution in [0.25, 0.3) is 0 Å². The van der Waals surface area contributed by atoms with Gasteiger partial charge in [-0.05, 0) is 43.1 Å². The SMILES string of the molecule is Fc1ccc(CN2CCCC3(CC(Oc4ncccn4)CO3)C2)cc1. The Kier molecular flexibility index (Phi) is 4.63. The molecule has 2 saturated heterocycles. The maximum absolute atomic E-state index is 13.1. The van der Waals surface area contributed by atoms with Crippen LogP contribution in [0.1, 0.15) is 24.8 Å². The van der Waals surface area contributed by atoms with E-state index in [4.69, 9.17) is 9.47 Å². The second kappa shape index (κ2) is 7.06. The van der Waals surface area contributed by atoms with Crippen LogP contribution >= 0.6 is 0 Å². The fourth-order valence-electron chi connectivity index (χ4n) is 3.83. The van der Waals surface area contributed by atoms with Crippen molar-refractivity contribution in [2.75, 3.05) is 19.7 Å². The van der Waals surface area contributed by atoms with Crippen molar-refractivity contribution in [2.24, 2.45) is 0 Å². The molecule has 0 N–H and O–H groups in total. The lowest BCUT2D eigenvalue weighted by Gasteiger charge is -2.39. The fourth-order valence-corrected chi connectivity index (χ4v) is 3.83. The average Bonchev–Trinajstić information content (AvgIpc) is 3.00. The minimum absolute atomic E-state index is 0.00632. The smallest absolute Gasteiger partial charge is 0.316 e. The Morgan fingerprint density at radius 1 is 1.24 bits per heavy atom. The first-order valence-corrected chi connectivity index (χ1v) is 8.75. The number of rotatable bonds is 4. The van der Waals surface area contributed by atoms with Crippen molar-refractivity contribution in [1.82, 2.24) is 14.9 Å². The Morgan fingerprint density at radius 2 is 2.04 bits per heavy atom. The van der Waals surface area contributed by atoms with Crippen molar-refractivity contribution in [3.63, 3.8) is 0 Å². The lowest BCUT2D eigenvalue weighted by atomic mass is 9.89. The van der Waals surface area contributed by atoms with Crippen LogP contribution in [0, 0.1) is 5.82 Å². The number of likely N-dealkylation sites (tertiary alicyclic amines) is 1. The fraction of sp³-hybridized carbons (Fsp3) is 0.474. The molecule has 2 aromatic rings. The molecule has 5 nitrogen and oxygen atoms in total. The topological polar surface area (TPSA) is 47.5 Å². The summed E-state index contributed by atoms with van der Waals surface area (Å²) in [5, 5.41) is 0. The number of benzene rings is 1. The summed E-state index contributed by atoms with van der Waals surface area (Å²) in [5.41, 5.74) is 0.972. The molecule has 2 unspecified atom stereocenters. The van der Waals surface area contributed by atoms with E-state index >= 15 is 0 Å². The molecular weight excluding hydrogens is 321 g/mol. The van der Waals surface area contributed by atoms with E-state index < -0.39 is 0 Å². The number of aromatic nitrogens is 2. The van der Waals surface area contributed by atoms with Gasteiger partial charge in [-0.25, -0.2) is 14.4 Å². The molecular formula is C19H22FN3O2. The van der Waals surface area contributed by atoms with Gasteiger partial charge in [-0.2, -0.15) is 0 Å². The van der Waals surface area contributed by atoms with Gasteiger partial charge in [-0.15, -0.1) is 0 Å². The third-order valence-corrected chi connectivity index (χ3v) is 4.93. The van der Waals surface area contributed by atoms with Gasteiger partial charge in [-0.3, -0.25) is 4.90 Å². The normalized spacial score (nSPS) is 26.8. The molecule has 1 spiro atoms. The van der Waals surface area contributed by atoms with E-state index in [0.717, 1.165) is 44.5 Å². The summed E-state index contributed by atoms with van der Waals surface area (Å²) in [6.07, 6.45) is 6.34. The highest BCUT2D eigenvalue weighted by Gasteiger charge is 2.44. The van der Waals surface area contributed by atoms with E-state index in [1.807, 2.05) is 12.1 Å². The Morgan fingerprint density at radius 3 is 2.84 bits per heavy atom. The van der Waals surface area contributed by atoms with Crippen LogP contribution < -0.4 is 4.74 Å². The second-order valence-electron chi connectivity index (χ2n) is 6.91. The van der Waals surface area contributed by atoms with Crippen LogP contribution in [-0.2, 0) is 11.3 Å². The molecule has 2 aliphatic heterocycles. The molecule has 0 aliphatic carbocycles.